The summed E-state index contributed by atoms with van der Waals surface area (Å²) < 4.78 is 32.3. The Bertz CT molecular complexity index is 552. The van der Waals surface area contributed by atoms with Crippen LogP contribution < -0.4 is 4.74 Å². The topological polar surface area (TPSA) is 9.23 Å². The zero-order valence-corrected chi connectivity index (χ0v) is 11.1. The van der Waals surface area contributed by atoms with Crippen molar-refractivity contribution in [2.24, 2.45) is 0 Å². The number of ether oxygens (including phenoxy) is 1. The van der Waals surface area contributed by atoms with Gasteiger partial charge in [0.2, 0.25) is 0 Å². The zero-order chi connectivity index (χ0) is 13.8. The highest BCUT2D eigenvalue weighted by atomic mass is 35.5. The van der Waals surface area contributed by atoms with E-state index in [9.17, 15) is 8.78 Å². The van der Waals surface area contributed by atoms with Crippen molar-refractivity contribution in [3.8, 4) is 5.75 Å². The fraction of sp³-hybridized carbons (Fsp3) is 0.200. The van der Waals surface area contributed by atoms with E-state index in [0.717, 1.165) is 5.56 Å². The smallest absolute Gasteiger partial charge is 0.130 e. The second kappa shape index (κ2) is 6.02. The van der Waals surface area contributed by atoms with E-state index in [1.165, 1.54) is 18.2 Å². The minimum absolute atomic E-state index is 0.0908. The molecule has 100 valence electrons. The lowest BCUT2D eigenvalue weighted by atomic mass is 10.0. The molecular formula is C15H13ClF2O. The van der Waals surface area contributed by atoms with Gasteiger partial charge in [0, 0.05) is 5.56 Å². The third kappa shape index (κ3) is 3.24. The van der Waals surface area contributed by atoms with Gasteiger partial charge in [0.05, 0.1) is 12.5 Å². The maximum absolute atomic E-state index is 13.6. The maximum atomic E-state index is 13.6. The molecule has 0 aliphatic carbocycles. The number of rotatable bonds is 4. The average molecular weight is 283 g/mol. The molecule has 0 aliphatic heterocycles. The predicted molar refractivity (Wildman–Crippen MR) is 71.7 cm³/mol. The standard InChI is InChI=1S/C15H13ClF2O/c1-19-11-5-2-4-10(8-11)9-12(16)15-13(17)6-3-7-14(15)18/h2-8,12H,9H2,1H3. The van der Waals surface area contributed by atoms with Crippen molar-refractivity contribution >= 4 is 11.6 Å². The van der Waals surface area contributed by atoms with E-state index in [1.807, 2.05) is 12.1 Å². The first-order valence-electron chi connectivity index (χ1n) is 5.82. The van der Waals surface area contributed by atoms with Crippen LogP contribution in [0.3, 0.4) is 0 Å². The molecule has 19 heavy (non-hydrogen) atoms. The van der Waals surface area contributed by atoms with Crippen LogP contribution in [0.15, 0.2) is 42.5 Å². The van der Waals surface area contributed by atoms with Crippen LogP contribution in [0.25, 0.3) is 0 Å². The van der Waals surface area contributed by atoms with E-state index in [1.54, 1.807) is 19.2 Å². The molecule has 1 unspecified atom stereocenters. The fourth-order valence-electron chi connectivity index (χ4n) is 1.92. The molecule has 0 saturated carbocycles. The van der Waals surface area contributed by atoms with Crippen molar-refractivity contribution in [2.75, 3.05) is 7.11 Å². The van der Waals surface area contributed by atoms with E-state index in [4.69, 9.17) is 16.3 Å². The number of halogens is 3. The van der Waals surface area contributed by atoms with Gasteiger partial charge in [0.25, 0.3) is 0 Å². The molecule has 0 saturated heterocycles. The molecule has 0 spiro atoms. The number of alkyl halides is 1. The molecule has 0 amide bonds. The van der Waals surface area contributed by atoms with Gasteiger partial charge < -0.3 is 4.74 Å². The van der Waals surface area contributed by atoms with Gasteiger partial charge in [-0.1, -0.05) is 18.2 Å². The Kier molecular flexibility index (Phi) is 4.38. The predicted octanol–water partition coefficient (Wildman–Crippen LogP) is 4.50. The van der Waals surface area contributed by atoms with Crippen molar-refractivity contribution in [3.63, 3.8) is 0 Å². The van der Waals surface area contributed by atoms with Gasteiger partial charge in [-0.3, -0.25) is 0 Å². The molecule has 1 atom stereocenters. The summed E-state index contributed by atoms with van der Waals surface area (Å²) in [6.45, 7) is 0. The summed E-state index contributed by atoms with van der Waals surface area (Å²) in [4.78, 5) is 0. The number of hydrogen-bond donors (Lipinski definition) is 0. The average Bonchev–Trinajstić information content (AvgIpc) is 2.38. The largest absolute Gasteiger partial charge is 0.497 e. The van der Waals surface area contributed by atoms with Crippen molar-refractivity contribution in [3.05, 3.63) is 65.2 Å². The Morgan fingerprint density at radius 3 is 2.37 bits per heavy atom. The Hall–Kier alpha value is -1.61. The molecule has 0 bridgehead atoms. The van der Waals surface area contributed by atoms with Crippen LogP contribution in [0.1, 0.15) is 16.5 Å². The quantitative estimate of drug-likeness (QED) is 0.751. The first-order chi connectivity index (χ1) is 9.11. The molecule has 0 aromatic heterocycles. The van der Waals surface area contributed by atoms with E-state index >= 15 is 0 Å². The summed E-state index contributed by atoms with van der Waals surface area (Å²) in [6.07, 6.45) is 0.330. The Morgan fingerprint density at radius 1 is 1.11 bits per heavy atom. The summed E-state index contributed by atoms with van der Waals surface area (Å²) in [5, 5.41) is -0.756. The molecule has 0 fully saturated rings. The van der Waals surface area contributed by atoms with E-state index in [2.05, 4.69) is 0 Å². The molecule has 0 N–H and O–H groups in total. The lowest BCUT2D eigenvalue weighted by Crippen LogP contribution is -2.02. The molecule has 2 rings (SSSR count). The van der Waals surface area contributed by atoms with Gasteiger partial charge in [-0.15, -0.1) is 11.6 Å². The van der Waals surface area contributed by atoms with Crippen molar-refractivity contribution < 1.29 is 13.5 Å². The van der Waals surface area contributed by atoms with Gasteiger partial charge in [0.15, 0.2) is 0 Å². The second-order valence-corrected chi connectivity index (χ2v) is 4.69. The van der Waals surface area contributed by atoms with Crippen LogP contribution in [0.4, 0.5) is 8.78 Å². The maximum Gasteiger partial charge on any atom is 0.130 e. The normalized spacial score (nSPS) is 12.2. The third-order valence-corrected chi connectivity index (χ3v) is 3.23. The van der Waals surface area contributed by atoms with Crippen molar-refractivity contribution in [2.45, 2.75) is 11.8 Å². The highest BCUT2D eigenvalue weighted by Gasteiger charge is 2.18. The highest BCUT2D eigenvalue weighted by molar-refractivity contribution is 6.21. The minimum atomic E-state index is -0.756. The van der Waals surface area contributed by atoms with Crippen LogP contribution in [0, 0.1) is 11.6 Å². The molecule has 2 aromatic rings. The molecule has 4 heteroatoms. The highest BCUT2D eigenvalue weighted by Crippen LogP contribution is 2.30. The molecule has 0 radical (unpaired) electrons. The first kappa shape index (κ1) is 13.8. The zero-order valence-electron chi connectivity index (χ0n) is 10.4. The van der Waals surface area contributed by atoms with Crippen molar-refractivity contribution in [1.29, 1.82) is 0 Å². The van der Waals surface area contributed by atoms with Crippen LogP contribution in [-0.4, -0.2) is 7.11 Å². The summed E-state index contributed by atoms with van der Waals surface area (Å²) in [7, 11) is 1.56. The number of benzene rings is 2. The Balaban J connectivity index is 2.23. The van der Waals surface area contributed by atoms with Crippen LogP contribution in [-0.2, 0) is 6.42 Å². The van der Waals surface area contributed by atoms with Gasteiger partial charge >= 0.3 is 0 Å². The Morgan fingerprint density at radius 2 is 1.74 bits per heavy atom. The van der Waals surface area contributed by atoms with Gasteiger partial charge in [-0.25, -0.2) is 8.78 Å². The molecular weight excluding hydrogens is 270 g/mol. The monoisotopic (exact) mass is 282 g/mol. The van der Waals surface area contributed by atoms with Crippen LogP contribution in [0.5, 0.6) is 5.75 Å². The van der Waals surface area contributed by atoms with Crippen LogP contribution in [0.2, 0.25) is 0 Å². The van der Waals surface area contributed by atoms with E-state index in [0.29, 0.717) is 12.2 Å². The van der Waals surface area contributed by atoms with Gasteiger partial charge in [-0.05, 0) is 36.2 Å². The summed E-state index contributed by atoms with van der Waals surface area (Å²) >= 11 is 6.13. The van der Waals surface area contributed by atoms with Crippen LogP contribution >= 0.6 is 11.6 Å². The second-order valence-electron chi connectivity index (χ2n) is 4.16. The van der Waals surface area contributed by atoms with Crippen molar-refractivity contribution in [1.82, 2.24) is 0 Å². The minimum Gasteiger partial charge on any atom is -0.497 e. The molecule has 2 aromatic carbocycles. The lowest BCUT2D eigenvalue weighted by molar-refractivity contribution is 0.414. The number of hydrogen-bond acceptors (Lipinski definition) is 1. The summed E-state index contributed by atoms with van der Waals surface area (Å²) in [5.41, 5.74) is 0.772. The molecule has 1 nitrogen and oxygen atoms in total. The summed E-state index contributed by atoms with van der Waals surface area (Å²) in [5.74, 6) is -0.554. The fourth-order valence-corrected chi connectivity index (χ4v) is 2.31. The van der Waals surface area contributed by atoms with Gasteiger partial charge in [0.1, 0.15) is 17.4 Å². The SMILES string of the molecule is COc1cccc(CC(Cl)c2c(F)cccc2F)c1. The lowest BCUT2D eigenvalue weighted by Gasteiger charge is -2.12. The summed E-state index contributed by atoms with van der Waals surface area (Å²) in [6, 6.07) is 11.0. The molecule has 0 heterocycles. The number of methoxy groups -OCH3 is 1. The first-order valence-corrected chi connectivity index (χ1v) is 6.26. The Labute approximate surface area is 115 Å². The third-order valence-electron chi connectivity index (χ3n) is 2.86. The molecule has 0 aliphatic rings. The van der Waals surface area contributed by atoms with E-state index in [-0.39, 0.29) is 5.56 Å². The van der Waals surface area contributed by atoms with E-state index < -0.39 is 17.0 Å². The van der Waals surface area contributed by atoms with Gasteiger partial charge in [-0.2, -0.15) is 0 Å².